The lowest BCUT2D eigenvalue weighted by atomic mass is 9.87. The summed E-state index contributed by atoms with van der Waals surface area (Å²) in [5.41, 5.74) is 1.68. The zero-order chi connectivity index (χ0) is 20.1. The normalized spacial score (nSPS) is 25.5. The third-order valence-corrected chi connectivity index (χ3v) is 6.75. The molecule has 3 aliphatic rings. The standard InChI is InChI=1S/C23H36N4O2.HI/c1-3-24-22(27-14-10-23(17-27)11-15-29-18-23)25-16-21(26-12-4-5-13-26)19-6-8-20(28-2)9-7-19;/h6-9,21H,3-5,10-18H2,1-2H3,(H,24,25);1H. The summed E-state index contributed by atoms with van der Waals surface area (Å²) in [4.78, 5) is 10.2. The van der Waals surface area contributed by atoms with E-state index in [0.29, 0.717) is 11.5 Å². The highest BCUT2D eigenvalue weighted by molar-refractivity contribution is 14.0. The van der Waals surface area contributed by atoms with E-state index in [9.17, 15) is 0 Å². The van der Waals surface area contributed by atoms with Crippen LogP contribution in [0.4, 0.5) is 0 Å². The first kappa shape index (κ1) is 23.6. The quantitative estimate of drug-likeness (QED) is 0.348. The van der Waals surface area contributed by atoms with Gasteiger partial charge in [-0.15, -0.1) is 24.0 Å². The van der Waals surface area contributed by atoms with E-state index in [1.54, 1.807) is 7.11 Å². The molecule has 0 aliphatic carbocycles. The van der Waals surface area contributed by atoms with E-state index < -0.39 is 0 Å². The molecule has 0 amide bonds. The van der Waals surface area contributed by atoms with Crippen molar-refractivity contribution in [2.24, 2.45) is 10.4 Å². The topological polar surface area (TPSA) is 49.3 Å². The Morgan fingerprint density at radius 2 is 1.97 bits per heavy atom. The number of hydrogen-bond donors (Lipinski definition) is 1. The molecular formula is C23H37IN4O2. The summed E-state index contributed by atoms with van der Waals surface area (Å²) >= 11 is 0. The average molecular weight is 528 g/mol. The van der Waals surface area contributed by atoms with Gasteiger partial charge in [0.15, 0.2) is 5.96 Å². The van der Waals surface area contributed by atoms with Crippen molar-refractivity contribution in [1.82, 2.24) is 15.1 Å². The number of benzene rings is 1. The van der Waals surface area contributed by atoms with Gasteiger partial charge in [-0.25, -0.2) is 0 Å². The maximum atomic E-state index is 5.71. The second kappa shape index (κ2) is 11.0. The molecule has 0 radical (unpaired) electrons. The van der Waals surface area contributed by atoms with Gasteiger partial charge in [0.1, 0.15) is 5.75 Å². The van der Waals surface area contributed by atoms with Crippen LogP contribution in [-0.4, -0.2) is 75.4 Å². The fourth-order valence-corrected chi connectivity index (χ4v) is 5.00. The molecule has 2 unspecified atom stereocenters. The summed E-state index contributed by atoms with van der Waals surface area (Å²) in [7, 11) is 1.72. The van der Waals surface area contributed by atoms with Crippen molar-refractivity contribution in [2.45, 2.75) is 38.6 Å². The number of halogens is 1. The Morgan fingerprint density at radius 1 is 1.20 bits per heavy atom. The third kappa shape index (κ3) is 5.40. The van der Waals surface area contributed by atoms with E-state index in [0.717, 1.165) is 64.2 Å². The largest absolute Gasteiger partial charge is 0.497 e. The maximum Gasteiger partial charge on any atom is 0.194 e. The molecule has 3 aliphatic heterocycles. The van der Waals surface area contributed by atoms with Gasteiger partial charge in [0.25, 0.3) is 0 Å². The number of guanidine groups is 1. The van der Waals surface area contributed by atoms with E-state index >= 15 is 0 Å². The molecule has 2 atom stereocenters. The zero-order valence-corrected chi connectivity index (χ0v) is 20.8. The molecule has 7 heteroatoms. The summed E-state index contributed by atoms with van der Waals surface area (Å²) in [6.45, 7) is 10.1. The van der Waals surface area contributed by atoms with E-state index in [-0.39, 0.29) is 24.0 Å². The lowest BCUT2D eigenvalue weighted by Crippen LogP contribution is -2.42. The summed E-state index contributed by atoms with van der Waals surface area (Å²) in [6, 6.07) is 8.86. The van der Waals surface area contributed by atoms with Crippen molar-refractivity contribution < 1.29 is 9.47 Å². The number of nitrogens with zero attached hydrogens (tertiary/aromatic N) is 3. The molecular weight excluding hydrogens is 491 g/mol. The van der Waals surface area contributed by atoms with Crippen LogP contribution in [0.15, 0.2) is 29.3 Å². The molecule has 3 fully saturated rings. The van der Waals surface area contributed by atoms with Crippen LogP contribution in [-0.2, 0) is 4.74 Å². The van der Waals surface area contributed by atoms with Gasteiger partial charge in [-0.1, -0.05) is 12.1 Å². The van der Waals surface area contributed by atoms with Crippen LogP contribution in [0.1, 0.15) is 44.2 Å². The SMILES string of the molecule is CCNC(=NCC(c1ccc(OC)cc1)N1CCCC1)N1CCC2(CCOC2)C1.I. The highest BCUT2D eigenvalue weighted by atomic mass is 127. The van der Waals surface area contributed by atoms with Gasteiger partial charge in [0.05, 0.1) is 26.3 Å². The van der Waals surface area contributed by atoms with Crippen LogP contribution in [0.3, 0.4) is 0 Å². The second-order valence-electron chi connectivity index (χ2n) is 8.70. The van der Waals surface area contributed by atoms with Crippen LogP contribution in [0.5, 0.6) is 5.75 Å². The Labute approximate surface area is 198 Å². The molecule has 1 spiro atoms. The van der Waals surface area contributed by atoms with Crippen LogP contribution in [0, 0.1) is 5.41 Å². The van der Waals surface area contributed by atoms with Crippen LogP contribution >= 0.6 is 24.0 Å². The minimum Gasteiger partial charge on any atom is -0.497 e. The summed E-state index contributed by atoms with van der Waals surface area (Å²) in [5, 5.41) is 3.54. The van der Waals surface area contributed by atoms with Gasteiger partial charge in [0, 0.05) is 31.7 Å². The summed E-state index contributed by atoms with van der Waals surface area (Å²) in [5.74, 6) is 1.97. The Kier molecular flexibility index (Phi) is 8.65. The molecule has 0 saturated carbocycles. The van der Waals surface area contributed by atoms with E-state index in [1.165, 1.54) is 31.2 Å². The molecule has 1 aromatic rings. The Morgan fingerprint density at radius 3 is 2.60 bits per heavy atom. The van der Waals surface area contributed by atoms with Crippen molar-refractivity contribution in [3.63, 3.8) is 0 Å². The Bertz CT molecular complexity index is 685. The second-order valence-corrected chi connectivity index (χ2v) is 8.70. The smallest absolute Gasteiger partial charge is 0.194 e. The van der Waals surface area contributed by atoms with Crippen molar-refractivity contribution in [1.29, 1.82) is 0 Å². The maximum absolute atomic E-state index is 5.71. The average Bonchev–Trinajstić information content (AvgIpc) is 3.52. The van der Waals surface area contributed by atoms with Crippen LogP contribution in [0.25, 0.3) is 0 Å². The highest BCUT2D eigenvalue weighted by Crippen LogP contribution is 2.38. The molecule has 6 nitrogen and oxygen atoms in total. The minimum absolute atomic E-state index is 0. The van der Waals surface area contributed by atoms with Gasteiger partial charge in [-0.05, 0) is 63.4 Å². The summed E-state index contributed by atoms with van der Waals surface area (Å²) in [6.07, 6.45) is 4.97. The molecule has 1 aromatic carbocycles. The molecule has 0 aromatic heterocycles. The first-order valence-electron chi connectivity index (χ1n) is 11.2. The highest BCUT2D eigenvalue weighted by Gasteiger charge is 2.42. The van der Waals surface area contributed by atoms with Gasteiger partial charge in [-0.3, -0.25) is 9.89 Å². The van der Waals surface area contributed by atoms with Crippen molar-refractivity contribution in [2.75, 3.05) is 59.6 Å². The van der Waals surface area contributed by atoms with Crippen LogP contribution in [0.2, 0.25) is 0 Å². The van der Waals surface area contributed by atoms with Gasteiger partial charge >= 0.3 is 0 Å². The van der Waals surface area contributed by atoms with E-state index in [2.05, 4.69) is 46.3 Å². The lowest BCUT2D eigenvalue weighted by Gasteiger charge is -2.29. The Hall–Kier alpha value is -1.06. The number of aliphatic imine (C=N–C) groups is 1. The fourth-order valence-electron chi connectivity index (χ4n) is 5.00. The first-order valence-corrected chi connectivity index (χ1v) is 11.2. The molecule has 3 heterocycles. The minimum atomic E-state index is 0. The van der Waals surface area contributed by atoms with Gasteiger partial charge in [-0.2, -0.15) is 0 Å². The predicted molar refractivity (Wildman–Crippen MR) is 132 cm³/mol. The third-order valence-electron chi connectivity index (χ3n) is 6.75. The number of hydrogen-bond acceptors (Lipinski definition) is 4. The van der Waals surface area contributed by atoms with Gasteiger partial charge in [0.2, 0.25) is 0 Å². The number of likely N-dealkylation sites (tertiary alicyclic amines) is 2. The lowest BCUT2D eigenvalue weighted by molar-refractivity contribution is 0.156. The molecule has 4 rings (SSSR count). The monoisotopic (exact) mass is 528 g/mol. The molecule has 0 bridgehead atoms. The molecule has 30 heavy (non-hydrogen) atoms. The van der Waals surface area contributed by atoms with Crippen molar-refractivity contribution in [3.05, 3.63) is 29.8 Å². The number of nitrogens with one attached hydrogen (secondary N) is 1. The Balaban J connectivity index is 0.00000256. The van der Waals surface area contributed by atoms with Crippen molar-refractivity contribution >= 4 is 29.9 Å². The number of ether oxygens (including phenoxy) is 2. The van der Waals surface area contributed by atoms with Crippen molar-refractivity contribution in [3.8, 4) is 5.75 Å². The molecule has 1 N–H and O–H groups in total. The fraction of sp³-hybridized carbons (Fsp3) is 0.696. The molecule has 168 valence electrons. The first-order chi connectivity index (χ1) is 14.2. The summed E-state index contributed by atoms with van der Waals surface area (Å²) < 4.78 is 11.1. The number of rotatable bonds is 6. The number of methoxy groups -OCH3 is 1. The zero-order valence-electron chi connectivity index (χ0n) is 18.4. The van der Waals surface area contributed by atoms with E-state index in [4.69, 9.17) is 14.5 Å². The predicted octanol–water partition coefficient (Wildman–Crippen LogP) is 3.53. The van der Waals surface area contributed by atoms with E-state index in [1.807, 2.05) is 0 Å². The van der Waals surface area contributed by atoms with Crippen LogP contribution < -0.4 is 10.1 Å². The molecule has 3 saturated heterocycles. The van der Waals surface area contributed by atoms with Gasteiger partial charge < -0.3 is 19.7 Å².